The van der Waals surface area contributed by atoms with Crippen LogP contribution in [0.2, 0.25) is 0 Å². The van der Waals surface area contributed by atoms with Gasteiger partial charge < -0.3 is 15.4 Å². The van der Waals surface area contributed by atoms with Crippen molar-refractivity contribution in [1.29, 1.82) is 0 Å². The molecule has 130 valence electrons. The second-order valence-electron chi connectivity index (χ2n) is 5.32. The van der Waals surface area contributed by atoms with Gasteiger partial charge in [0.1, 0.15) is 17.3 Å². The number of carbonyl (C=O) groups excluding carboxylic acids is 1. The number of hydrogen-bond donors (Lipinski definition) is 2. The number of amides is 1. The zero-order valence-corrected chi connectivity index (χ0v) is 14.1. The van der Waals surface area contributed by atoms with Crippen LogP contribution < -0.4 is 15.4 Å². The molecule has 0 fully saturated rings. The van der Waals surface area contributed by atoms with Gasteiger partial charge >= 0.3 is 0 Å². The van der Waals surface area contributed by atoms with Crippen LogP contribution in [0.5, 0.6) is 11.5 Å². The number of nitrogens with one attached hydrogen (secondary N) is 2. The van der Waals surface area contributed by atoms with Crippen molar-refractivity contribution >= 4 is 17.4 Å². The molecule has 0 bridgehead atoms. The van der Waals surface area contributed by atoms with Crippen LogP contribution in [0.25, 0.3) is 0 Å². The average Bonchev–Trinajstić information content (AvgIpc) is 2.69. The lowest BCUT2D eigenvalue weighted by atomic mass is 10.3. The molecule has 0 aliphatic heterocycles. The van der Waals surface area contributed by atoms with E-state index in [1.807, 2.05) is 54.6 Å². The third-order valence-electron chi connectivity index (χ3n) is 3.41. The predicted molar refractivity (Wildman–Crippen MR) is 101 cm³/mol. The first kappa shape index (κ1) is 17.2. The van der Waals surface area contributed by atoms with Crippen molar-refractivity contribution in [2.45, 2.75) is 0 Å². The molecule has 0 spiro atoms. The number of carbonyl (C=O) groups is 1. The molecule has 1 aromatic heterocycles. The van der Waals surface area contributed by atoms with Crippen molar-refractivity contribution in [2.24, 2.45) is 0 Å². The number of rotatable bonds is 7. The van der Waals surface area contributed by atoms with E-state index in [0.717, 1.165) is 11.4 Å². The molecule has 2 aromatic carbocycles. The van der Waals surface area contributed by atoms with Gasteiger partial charge in [-0.05, 0) is 24.3 Å². The van der Waals surface area contributed by atoms with Gasteiger partial charge in [0.15, 0.2) is 5.75 Å². The lowest BCUT2D eigenvalue weighted by molar-refractivity contribution is 0.0952. The van der Waals surface area contributed by atoms with Gasteiger partial charge in [-0.1, -0.05) is 36.4 Å². The molecule has 0 saturated heterocycles. The normalized spacial score (nSPS) is 10.0. The summed E-state index contributed by atoms with van der Waals surface area (Å²) in [4.78, 5) is 20.2. The number of aromatic nitrogens is 2. The summed E-state index contributed by atoms with van der Waals surface area (Å²) in [5.74, 6) is 1.61. The molecule has 26 heavy (non-hydrogen) atoms. The minimum atomic E-state index is -0.295. The standard InChI is InChI=1S/C20H18N4O2/c1-2-12-21-20(25)17-13-23-19(14-22-17)24-16-10-6-7-11-18(16)26-15-8-4-3-5-9-15/h2-11,13-14H,1,12H2,(H,21,25)(H,23,24). The van der Waals surface area contributed by atoms with Crippen LogP contribution in [0.4, 0.5) is 11.5 Å². The molecule has 0 radical (unpaired) electrons. The van der Waals surface area contributed by atoms with Crippen LogP contribution in [0.15, 0.2) is 79.6 Å². The van der Waals surface area contributed by atoms with Crippen molar-refractivity contribution in [2.75, 3.05) is 11.9 Å². The second-order valence-corrected chi connectivity index (χ2v) is 5.32. The van der Waals surface area contributed by atoms with Gasteiger partial charge in [-0.2, -0.15) is 0 Å². The minimum absolute atomic E-state index is 0.242. The van der Waals surface area contributed by atoms with Gasteiger partial charge in [0.25, 0.3) is 5.91 Å². The second kappa shape index (κ2) is 8.43. The smallest absolute Gasteiger partial charge is 0.271 e. The van der Waals surface area contributed by atoms with Crippen LogP contribution in [0.1, 0.15) is 10.5 Å². The number of ether oxygens (including phenoxy) is 1. The highest BCUT2D eigenvalue weighted by atomic mass is 16.5. The Morgan fingerprint density at radius 1 is 1.04 bits per heavy atom. The highest BCUT2D eigenvalue weighted by molar-refractivity contribution is 5.92. The first-order chi connectivity index (χ1) is 12.8. The molecule has 0 aliphatic rings. The van der Waals surface area contributed by atoms with E-state index < -0.39 is 0 Å². The number of benzene rings is 2. The first-order valence-electron chi connectivity index (χ1n) is 8.06. The fraction of sp³-hybridized carbons (Fsp3) is 0.0500. The summed E-state index contributed by atoms with van der Waals surface area (Å²) in [7, 11) is 0. The van der Waals surface area contributed by atoms with Crippen molar-refractivity contribution in [3.8, 4) is 11.5 Å². The maximum absolute atomic E-state index is 11.8. The summed E-state index contributed by atoms with van der Waals surface area (Å²) in [6, 6.07) is 17.0. The highest BCUT2D eigenvalue weighted by Gasteiger charge is 2.09. The van der Waals surface area contributed by atoms with Crippen LogP contribution in [-0.2, 0) is 0 Å². The Hall–Kier alpha value is -3.67. The fourth-order valence-electron chi connectivity index (χ4n) is 2.18. The number of hydrogen-bond acceptors (Lipinski definition) is 5. The van der Waals surface area contributed by atoms with E-state index in [1.165, 1.54) is 12.4 Å². The van der Waals surface area contributed by atoms with Crippen LogP contribution in [-0.4, -0.2) is 22.4 Å². The van der Waals surface area contributed by atoms with E-state index in [1.54, 1.807) is 6.08 Å². The zero-order chi connectivity index (χ0) is 18.2. The molecule has 0 aliphatic carbocycles. The third kappa shape index (κ3) is 4.45. The van der Waals surface area contributed by atoms with Crippen molar-refractivity contribution in [1.82, 2.24) is 15.3 Å². The molecule has 0 saturated carbocycles. The van der Waals surface area contributed by atoms with Gasteiger partial charge in [-0.3, -0.25) is 4.79 Å². The van der Waals surface area contributed by atoms with Gasteiger partial charge in [0, 0.05) is 6.54 Å². The Balaban J connectivity index is 1.73. The van der Waals surface area contributed by atoms with E-state index in [0.29, 0.717) is 18.1 Å². The average molecular weight is 346 g/mol. The lowest BCUT2D eigenvalue weighted by Gasteiger charge is -2.12. The number of nitrogens with zero attached hydrogens (tertiary/aromatic N) is 2. The van der Waals surface area contributed by atoms with E-state index in [9.17, 15) is 4.79 Å². The quantitative estimate of drug-likeness (QED) is 0.634. The van der Waals surface area contributed by atoms with E-state index in [2.05, 4.69) is 27.2 Å². The Labute approximate surface area is 151 Å². The molecule has 1 heterocycles. The molecule has 0 unspecified atom stereocenters. The Morgan fingerprint density at radius 3 is 2.54 bits per heavy atom. The van der Waals surface area contributed by atoms with Gasteiger partial charge in [0.05, 0.1) is 18.1 Å². The minimum Gasteiger partial charge on any atom is -0.455 e. The zero-order valence-electron chi connectivity index (χ0n) is 14.1. The maximum Gasteiger partial charge on any atom is 0.271 e. The molecular weight excluding hydrogens is 328 g/mol. The van der Waals surface area contributed by atoms with Gasteiger partial charge in [-0.25, -0.2) is 9.97 Å². The van der Waals surface area contributed by atoms with E-state index >= 15 is 0 Å². The van der Waals surface area contributed by atoms with Gasteiger partial charge in [0.2, 0.25) is 0 Å². The molecule has 3 aromatic rings. The van der Waals surface area contributed by atoms with E-state index in [-0.39, 0.29) is 11.6 Å². The number of para-hydroxylation sites is 3. The summed E-state index contributed by atoms with van der Waals surface area (Å²) in [5.41, 5.74) is 0.987. The van der Waals surface area contributed by atoms with Crippen LogP contribution in [0, 0.1) is 0 Å². The molecule has 1 amide bonds. The first-order valence-corrected chi connectivity index (χ1v) is 8.06. The van der Waals surface area contributed by atoms with Crippen LogP contribution >= 0.6 is 0 Å². The molecule has 6 heteroatoms. The van der Waals surface area contributed by atoms with Crippen molar-refractivity contribution in [3.63, 3.8) is 0 Å². The maximum atomic E-state index is 11.8. The molecular formula is C20H18N4O2. The largest absolute Gasteiger partial charge is 0.455 e. The predicted octanol–water partition coefficient (Wildman–Crippen LogP) is 3.93. The molecule has 3 rings (SSSR count). The topological polar surface area (TPSA) is 76.1 Å². The summed E-state index contributed by atoms with van der Waals surface area (Å²) < 4.78 is 5.90. The van der Waals surface area contributed by atoms with Crippen molar-refractivity contribution < 1.29 is 9.53 Å². The summed E-state index contributed by atoms with van der Waals surface area (Å²) >= 11 is 0. The highest BCUT2D eigenvalue weighted by Crippen LogP contribution is 2.30. The Kier molecular flexibility index (Phi) is 5.57. The third-order valence-corrected chi connectivity index (χ3v) is 3.41. The lowest BCUT2D eigenvalue weighted by Crippen LogP contribution is -2.24. The van der Waals surface area contributed by atoms with Gasteiger partial charge in [-0.15, -0.1) is 6.58 Å². The van der Waals surface area contributed by atoms with Crippen molar-refractivity contribution in [3.05, 3.63) is 85.3 Å². The fourth-order valence-corrected chi connectivity index (χ4v) is 2.18. The molecule has 2 N–H and O–H groups in total. The SMILES string of the molecule is C=CCNC(=O)c1cnc(Nc2ccccc2Oc2ccccc2)cn1. The van der Waals surface area contributed by atoms with E-state index in [4.69, 9.17) is 4.74 Å². The Morgan fingerprint density at radius 2 is 1.81 bits per heavy atom. The summed E-state index contributed by atoms with van der Waals surface area (Å²) in [6.45, 7) is 3.93. The molecule has 6 nitrogen and oxygen atoms in total. The van der Waals surface area contributed by atoms with Crippen LogP contribution in [0.3, 0.4) is 0 Å². The molecule has 0 atom stereocenters. The monoisotopic (exact) mass is 346 g/mol. The Bertz CT molecular complexity index is 880. The summed E-state index contributed by atoms with van der Waals surface area (Å²) in [6.07, 6.45) is 4.52. The summed E-state index contributed by atoms with van der Waals surface area (Å²) in [5, 5.41) is 5.81. The number of anilines is 2.